The summed E-state index contributed by atoms with van der Waals surface area (Å²) in [5, 5.41) is 14.8. The fourth-order valence-electron chi connectivity index (χ4n) is 3.95. The third-order valence-corrected chi connectivity index (χ3v) is 7.48. The highest BCUT2D eigenvalue weighted by atomic mass is 32.1. The molecular weight excluding hydrogens is 462 g/mol. The molecule has 5 rings (SSSR count). The number of nitrogens with one attached hydrogen (secondary N) is 1. The third-order valence-electron chi connectivity index (χ3n) is 5.69. The zero-order chi connectivity index (χ0) is 22.8. The maximum atomic E-state index is 12.7. The average molecular weight is 486 g/mol. The summed E-state index contributed by atoms with van der Waals surface area (Å²) in [4.78, 5) is 31.2. The minimum Gasteiger partial charge on any atom is -0.493 e. The molecule has 0 atom stereocenters. The summed E-state index contributed by atoms with van der Waals surface area (Å²) in [6, 6.07) is 5.99. The number of fused-ring (bicyclic) bond motifs is 1. The van der Waals surface area contributed by atoms with E-state index in [1.54, 1.807) is 5.38 Å². The lowest BCUT2D eigenvalue weighted by atomic mass is 9.97. The van der Waals surface area contributed by atoms with Gasteiger partial charge in [-0.3, -0.25) is 14.9 Å². The maximum Gasteiger partial charge on any atom is 0.309 e. The van der Waals surface area contributed by atoms with Crippen LogP contribution >= 0.6 is 22.7 Å². The number of benzene rings is 1. The molecule has 2 aliphatic rings. The van der Waals surface area contributed by atoms with Gasteiger partial charge in [0.1, 0.15) is 16.5 Å². The van der Waals surface area contributed by atoms with Gasteiger partial charge in [-0.1, -0.05) is 11.3 Å². The second kappa shape index (κ2) is 9.44. The van der Waals surface area contributed by atoms with Crippen molar-refractivity contribution in [3.63, 3.8) is 0 Å². The Morgan fingerprint density at radius 3 is 2.94 bits per heavy atom. The van der Waals surface area contributed by atoms with Gasteiger partial charge in [0.2, 0.25) is 10.3 Å². The number of piperidine rings is 1. The van der Waals surface area contributed by atoms with Crippen molar-refractivity contribution >= 4 is 44.8 Å². The Labute approximate surface area is 198 Å². The number of amides is 1. The number of carbonyl (C=O) groups excluding carboxylic acids is 2. The molecule has 9 nitrogen and oxygen atoms in total. The lowest BCUT2D eigenvalue weighted by Gasteiger charge is -2.30. The van der Waals surface area contributed by atoms with Crippen molar-refractivity contribution in [2.45, 2.75) is 26.2 Å². The number of nitrogens with zero attached hydrogens (tertiary/aromatic N) is 4. The van der Waals surface area contributed by atoms with E-state index in [2.05, 4.69) is 31.5 Å². The molecule has 33 heavy (non-hydrogen) atoms. The topological polar surface area (TPSA) is 107 Å². The Bertz CT molecular complexity index is 1170. The number of thiazole rings is 1. The van der Waals surface area contributed by atoms with Crippen molar-refractivity contribution in [2.75, 3.05) is 36.5 Å². The molecule has 0 spiro atoms. The van der Waals surface area contributed by atoms with E-state index in [-0.39, 0.29) is 17.8 Å². The highest BCUT2D eigenvalue weighted by Crippen LogP contribution is 2.32. The molecule has 1 aromatic carbocycles. The molecule has 172 valence electrons. The molecule has 2 aliphatic heterocycles. The van der Waals surface area contributed by atoms with Crippen LogP contribution in [0.1, 0.15) is 35.8 Å². The third kappa shape index (κ3) is 4.69. The van der Waals surface area contributed by atoms with Crippen LogP contribution in [0.25, 0.3) is 10.6 Å². The molecule has 1 saturated heterocycles. The molecule has 4 heterocycles. The van der Waals surface area contributed by atoms with Crippen molar-refractivity contribution in [1.29, 1.82) is 0 Å². The van der Waals surface area contributed by atoms with Crippen LogP contribution in [0.3, 0.4) is 0 Å². The van der Waals surface area contributed by atoms with E-state index < -0.39 is 0 Å². The largest absolute Gasteiger partial charge is 0.493 e. The van der Waals surface area contributed by atoms with Gasteiger partial charge in [-0.25, -0.2) is 4.98 Å². The van der Waals surface area contributed by atoms with Crippen LogP contribution in [0.5, 0.6) is 5.75 Å². The summed E-state index contributed by atoms with van der Waals surface area (Å²) in [5.74, 6) is 0.416. The van der Waals surface area contributed by atoms with Crippen LogP contribution < -0.4 is 15.0 Å². The Morgan fingerprint density at radius 2 is 2.12 bits per heavy atom. The first-order valence-electron chi connectivity index (χ1n) is 10.9. The molecule has 0 saturated carbocycles. The SMILES string of the molecule is CCOC(=O)C1CCN(c2nnc(NC(=O)c3csc(-c4ccc5c(c4)CCO5)n3)s2)CC1. The van der Waals surface area contributed by atoms with Gasteiger partial charge < -0.3 is 14.4 Å². The van der Waals surface area contributed by atoms with Crippen molar-refractivity contribution < 1.29 is 19.1 Å². The van der Waals surface area contributed by atoms with Gasteiger partial charge >= 0.3 is 5.97 Å². The molecule has 0 bridgehead atoms. The van der Waals surface area contributed by atoms with E-state index in [4.69, 9.17) is 9.47 Å². The number of hydrogen-bond donors (Lipinski definition) is 1. The minimum atomic E-state index is -0.314. The van der Waals surface area contributed by atoms with E-state index in [9.17, 15) is 9.59 Å². The van der Waals surface area contributed by atoms with Gasteiger partial charge in [0, 0.05) is 30.5 Å². The molecule has 11 heteroatoms. The quantitative estimate of drug-likeness (QED) is 0.528. The van der Waals surface area contributed by atoms with E-state index >= 15 is 0 Å². The van der Waals surface area contributed by atoms with Crippen LogP contribution in [0.15, 0.2) is 23.6 Å². The molecule has 1 amide bonds. The zero-order valence-corrected chi connectivity index (χ0v) is 19.7. The van der Waals surface area contributed by atoms with E-state index in [0.717, 1.165) is 40.7 Å². The first-order valence-corrected chi connectivity index (χ1v) is 12.6. The predicted octanol–water partition coefficient (Wildman–Crippen LogP) is 3.63. The van der Waals surface area contributed by atoms with Crippen molar-refractivity contribution in [3.8, 4) is 16.3 Å². The second-order valence-corrected chi connectivity index (χ2v) is 9.63. The fourth-order valence-corrected chi connectivity index (χ4v) is 5.54. The number of aromatic nitrogens is 3. The molecule has 0 aliphatic carbocycles. The van der Waals surface area contributed by atoms with Gasteiger partial charge in [0.05, 0.1) is 19.1 Å². The summed E-state index contributed by atoms with van der Waals surface area (Å²) in [5.41, 5.74) is 2.49. The Balaban J connectivity index is 1.19. The number of rotatable bonds is 6. The Hall–Kier alpha value is -3.05. The smallest absolute Gasteiger partial charge is 0.309 e. The van der Waals surface area contributed by atoms with Crippen molar-refractivity contribution in [3.05, 3.63) is 34.8 Å². The van der Waals surface area contributed by atoms with E-state index in [1.807, 2.05) is 19.1 Å². The average Bonchev–Trinajstić information content (AvgIpc) is 3.59. The van der Waals surface area contributed by atoms with Gasteiger partial charge in [0.25, 0.3) is 5.91 Å². The lowest BCUT2D eigenvalue weighted by molar-refractivity contribution is -0.148. The Morgan fingerprint density at radius 1 is 1.27 bits per heavy atom. The van der Waals surface area contributed by atoms with Crippen LogP contribution in [-0.4, -0.2) is 53.4 Å². The normalized spacial score (nSPS) is 15.7. The van der Waals surface area contributed by atoms with Gasteiger partial charge in [-0.15, -0.1) is 21.5 Å². The number of anilines is 2. The number of ether oxygens (including phenoxy) is 2. The summed E-state index contributed by atoms with van der Waals surface area (Å²) < 4.78 is 10.7. The fraction of sp³-hybridized carbons (Fsp3) is 0.409. The van der Waals surface area contributed by atoms with E-state index in [1.165, 1.54) is 28.2 Å². The van der Waals surface area contributed by atoms with Gasteiger partial charge in [-0.05, 0) is 43.5 Å². The van der Waals surface area contributed by atoms with E-state index in [0.29, 0.717) is 37.1 Å². The monoisotopic (exact) mass is 485 g/mol. The molecular formula is C22H23N5O4S2. The van der Waals surface area contributed by atoms with Crippen LogP contribution in [0.4, 0.5) is 10.3 Å². The molecule has 0 unspecified atom stereocenters. The zero-order valence-electron chi connectivity index (χ0n) is 18.1. The maximum absolute atomic E-state index is 12.7. The number of carbonyl (C=O) groups is 2. The van der Waals surface area contributed by atoms with Gasteiger partial charge in [0.15, 0.2) is 0 Å². The second-order valence-electron chi connectivity index (χ2n) is 7.82. The highest BCUT2D eigenvalue weighted by molar-refractivity contribution is 7.19. The molecule has 3 aromatic rings. The van der Waals surface area contributed by atoms with Crippen molar-refractivity contribution in [2.24, 2.45) is 5.92 Å². The van der Waals surface area contributed by atoms with Crippen LogP contribution in [0.2, 0.25) is 0 Å². The van der Waals surface area contributed by atoms with Crippen molar-refractivity contribution in [1.82, 2.24) is 15.2 Å². The molecule has 1 N–H and O–H groups in total. The minimum absolute atomic E-state index is 0.0645. The Kier molecular flexibility index (Phi) is 6.23. The summed E-state index contributed by atoms with van der Waals surface area (Å²) >= 11 is 2.75. The highest BCUT2D eigenvalue weighted by Gasteiger charge is 2.27. The summed E-state index contributed by atoms with van der Waals surface area (Å²) in [6.45, 7) is 4.33. The molecule has 1 fully saturated rings. The first kappa shape index (κ1) is 21.8. The molecule has 0 radical (unpaired) electrons. The van der Waals surface area contributed by atoms with Crippen LogP contribution in [-0.2, 0) is 16.0 Å². The van der Waals surface area contributed by atoms with Gasteiger partial charge in [-0.2, -0.15) is 0 Å². The lowest BCUT2D eigenvalue weighted by Crippen LogP contribution is -2.36. The standard InChI is InChI=1S/C22H23N5O4S2/c1-2-30-20(29)13-5-8-27(9-6-13)22-26-25-21(33-22)24-18(28)16-12-32-19(23-16)15-3-4-17-14(11-15)7-10-31-17/h3-4,11-13H,2,5-10H2,1H3,(H,24,25,28). The number of esters is 1. The number of hydrogen-bond acceptors (Lipinski definition) is 10. The van der Waals surface area contributed by atoms with Crippen LogP contribution in [0, 0.1) is 5.92 Å². The molecule has 2 aromatic heterocycles. The summed E-state index contributed by atoms with van der Waals surface area (Å²) in [6.07, 6.45) is 2.33. The first-order chi connectivity index (χ1) is 16.1. The summed E-state index contributed by atoms with van der Waals surface area (Å²) in [7, 11) is 0. The predicted molar refractivity (Wildman–Crippen MR) is 126 cm³/mol.